The Morgan fingerprint density at radius 2 is 2.07 bits per heavy atom. The first-order chi connectivity index (χ1) is 14.2. The van der Waals surface area contributed by atoms with E-state index >= 15 is 0 Å². The summed E-state index contributed by atoms with van der Waals surface area (Å²) in [5.74, 6) is 1.58. The van der Waals surface area contributed by atoms with Crippen molar-refractivity contribution in [2.45, 2.75) is 13.5 Å². The van der Waals surface area contributed by atoms with E-state index in [0.29, 0.717) is 43.8 Å². The maximum absolute atomic E-state index is 12.5. The predicted molar refractivity (Wildman–Crippen MR) is 111 cm³/mol. The Balaban J connectivity index is 1.58. The predicted octanol–water partition coefficient (Wildman–Crippen LogP) is 3.28. The number of rotatable bonds is 11. The third-order valence-electron chi connectivity index (χ3n) is 3.99. The van der Waals surface area contributed by atoms with Gasteiger partial charge >= 0.3 is 0 Å². The van der Waals surface area contributed by atoms with Crippen LogP contribution >= 0.6 is 11.3 Å². The Morgan fingerprint density at radius 1 is 1.24 bits per heavy atom. The maximum Gasteiger partial charge on any atom is 0.257 e. The highest BCUT2D eigenvalue weighted by Crippen LogP contribution is 2.23. The first kappa shape index (κ1) is 21.0. The molecule has 0 radical (unpaired) electrons. The SMILES string of the molecule is CCOc1ccc(NC(=O)CN(CCOC)Cc2nnc(-c3cccs3)o2)cc1. The smallest absolute Gasteiger partial charge is 0.257 e. The van der Waals surface area contributed by atoms with Crippen LogP contribution in [0.2, 0.25) is 0 Å². The Morgan fingerprint density at radius 3 is 2.76 bits per heavy atom. The maximum atomic E-state index is 12.5. The summed E-state index contributed by atoms with van der Waals surface area (Å²) in [6, 6.07) is 11.1. The number of thiophene rings is 1. The van der Waals surface area contributed by atoms with Gasteiger partial charge in [-0.3, -0.25) is 9.69 Å². The molecule has 0 unspecified atom stereocenters. The molecule has 0 saturated carbocycles. The van der Waals surface area contributed by atoms with Crippen molar-refractivity contribution in [3.05, 3.63) is 47.7 Å². The van der Waals surface area contributed by atoms with E-state index in [1.165, 1.54) is 11.3 Å². The molecular formula is C20H24N4O4S. The molecule has 0 aliphatic heterocycles. The lowest BCUT2D eigenvalue weighted by Gasteiger charge is -2.19. The van der Waals surface area contributed by atoms with Crippen LogP contribution in [0.15, 0.2) is 46.2 Å². The molecule has 9 heteroatoms. The van der Waals surface area contributed by atoms with Crippen LogP contribution in [0.3, 0.4) is 0 Å². The Bertz CT molecular complexity index is 880. The quantitative estimate of drug-likeness (QED) is 0.513. The van der Waals surface area contributed by atoms with Gasteiger partial charge in [-0.05, 0) is 42.6 Å². The second-order valence-corrected chi connectivity index (χ2v) is 7.13. The zero-order chi connectivity index (χ0) is 20.5. The number of hydrogen-bond donors (Lipinski definition) is 1. The number of nitrogens with zero attached hydrogens (tertiary/aromatic N) is 3. The monoisotopic (exact) mass is 416 g/mol. The van der Waals surface area contributed by atoms with Crippen molar-refractivity contribution in [1.29, 1.82) is 0 Å². The minimum atomic E-state index is -0.136. The van der Waals surface area contributed by atoms with Crippen LogP contribution in [0.5, 0.6) is 5.75 Å². The average Bonchev–Trinajstić information content (AvgIpc) is 3.39. The number of methoxy groups -OCH3 is 1. The number of carbonyl (C=O) groups excluding carboxylic acids is 1. The minimum absolute atomic E-state index is 0.136. The summed E-state index contributed by atoms with van der Waals surface area (Å²) in [6.45, 7) is 4.11. The van der Waals surface area contributed by atoms with Crippen LogP contribution in [-0.4, -0.2) is 54.4 Å². The molecule has 3 rings (SSSR count). The molecule has 0 bridgehead atoms. The van der Waals surface area contributed by atoms with E-state index in [1.54, 1.807) is 7.11 Å². The number of benzene rings is 1. The van der Waals surface area contributed by atoms with Crippen molar-refractivity contribution in [3.8, 4) is 16.5 Å². The highest BCUT2D eigenvalue weighted by Gasteiger charge is 2.16. The molecule has 0 aliphatic rings. The van der Waals surface area contributed by atoms with E-state index < -0.39 is 0 Å². The summed E-state index contributed by atoms with van der Waals surface area (Å²) < 4.78 is 16.3. The number of nitrogens with one attached hydrogen (secondary N) is 1. The lowest BCUT2D eigenvalue weighted by molar-refractivity contribution is -0.117. The van der Waals surface area contributed by atoms with Crippen molar-refractivity contribution < 1.29 is 18.7 Å². The second-order valence-electron chi connectivity index (χ2n) is 6.19. The van der Waals surface area contributed by atoms with Crippen molar-refractivity contribution in [3.63, 3.8) is 0 Å². The van der Waals surface area contributed by atoms with Crippen LogP contribution in [-0.2, 0) is 16.1 Å². The largest absolute Gasteiger partial charge is 0.494 e. The van der Waals surface area contributed by atoms with Gasteiger partial charge in [0.15, 0.2) is 0 Å². The van der Waals surface area contributed by atoms with Crippen LogP contribution in [0.25, 0.3) is 10.8 Å². The van der Waals surface area contributed by atoms with Crippen LogP contribution < -0.4 is 10.1 Å². The summed E-state index contributed by atoms with van der Waals surface area (Å²) in [5, 5.41) is 13.0. The van der Waals surface area contributed by atoms with Crippen molar-refractivity contribution in [2.24, 2.45) is 0 Å². The minimum Gasteiger partial charge on any atom is -0.494 e. The normalized spacial score (nSPS) is 11.0. The van der Waals surface area contributed by atoms with Crippen molar-refractivity contribution >= 4 is 22.9 Å². The number of ether oxygens (including phenoxy) is 2. The number of amides is 1. The van der Waals surface area contributed by atoms with Crippen LogP contribution in [0, 0.1) is 0 Å². The number of anilines is 1. The van der Waals surface area contributed by atoms with Crippen molar-refractivity contribution in [2.75, 3.05) is 38.7 Å². The standard InChI is InChI=1S/C20H24N4O4S/c1-3-27-16-8-6-15(7-9-16)21-18(25)13-24(10-11-26-2)14-19-22-23-20(28-19)17-5-4-12-29-17/h4-9,12H,3,10-11,13-14H2,1-2H3,(H,21,25). The highest BCUT2D eigenvalue weighted by atomic mass is 32.1. The second kappa shape index (κ2) is 10.7. The van der Waals surface area contributed by atoms with Gasteiger partial charge in [0, 0.05) is 19.3 Å². The third-order valence-corrected chi connectivity index (χ3v) is 4.84. The fraction of sp³-hybridized carbons (Fsp3) is 0.350. The van der Waals surface area contributed by atoms with E-state index in [-0.39, 0.29) is 12.5 Å². The molecule has 3 aromatic rings. The lowest BCUT2D eigenvalue weighted by atomic mass is 10.3. The topological polar surface area (TPSA) is 89.7 Å². The van der Waals surface area contributed by atoms with Gasteiger partial charge in [-0.15, -0.1) is 21.5 Å². The van der Waals surface area contributed by atoms with E-state index in [1.807, 2.05) is 53.6 Å². The molecule has 1 aromatic carbocycles. The molecule has 0 spiro atoms. The summed E-state index contributed by atoms with van der Waals surface area (Å²) in [5.41, 5.74) is 0.711. The molecular weight excluding hydrogens is 392 g/mol. The summed E-state index contributed by atoms with van der Waals surface area (Å²) in [4.78, 5) is 15.3. The van der Waals surface area contributed by atoms with E-state index in [4.69, 9.17) is 13.9 Å². The van der Waals surface area contributed by atoms with Crippen molar-refractivity contribution in [1.82, 2.24) is 15.1 Å². The van der Waals surface area contributed by atoms with E-state index in [2.05, 4.69) is 15.5 Å². The molecule has 2 heterocycles. The van der Waals surface area contributed by atoms with Gasteiger partial charge in [0.05, 0.1) is 31.2 Å². The molecule has 8 nitrogen and oxygen atoms in total. The molecule has 2 aromatic heterocycles. The van der Waals surface area contributed by atoms with Gasteiger partial charge in [0.25, 0.3) is 5.89 Å². The van der Waals surface area contributed by atoms with Gasteiger partial charge in [0.2, 0.25) is 11.8 Å². The molecule has 1 amide bonds. The van der Waals surface area contributed by atoms with Gasteiger partial charge in [-0.2, -0.15) is 0 Å². The zero-order valence-electron chi connectivity index (χ0n) is 16.5. The fourth-order valence-corrected chi connectivity index (χ4v) is 3.29. The average molecular weight is 417 g/mol. The van der Waals surface area contributed by atoms with Crippen LogP contribution in [0.4, 0.5) is 5.69 Å². The first-order valence-electron chi connectivity index (χ1n) is 9.28. The molecule has 154 valence electrons. The number of carbonyl (C=O) groups is 1. The lowest BCUT2D eigenvalue weighted by Crippen LogP contribution is -2.35. The Kier molecular flexibility index (Phi) is 7.74. The van der Waals surface area contributed by atoms with Gasteiger partial charge < -0.3 is 19.2 Å². The van der Waals surface area contributed by atoms with Gasteiger partial charge in [-0.25, -0.2) is 0 Å². The third kappa shape index (κ3) is 6.38. The number of aromatic nitrogens is 2. The Labute approximate surface area is 173 Å². The molecule has 29 heavy (non-hydrogen) atoms. The van der Waals surface area contributed by atoms with E-state index in [0.717, 1.165) is 10.6 Å². The summed E-state index contributed by atoms with van der Waals surface area (Å²) >= 11 is 1.54. The summed E-state index contributed by atoms with van der Waals surface area (Å²) in [7, 11) is 1.62. The first-order valence-corrected chi connectivity index (χ1v) is 10.2. The van der Waals surface area contributed by atoms with E-state index in [9.17, 15) is 4.79 Å². The van der Waals surface area contributed by atoms with Gasteiger partial charge in [0.1, 0.15) is 5.75 Å². The van der Waals surface area contributed by atoms with Crippen LogP contribution in [0.1, 0.15) is 12.8 Å². The highest BCUT2D eigenvalue weighted by molar-refractivity contribution is 7.13. The molecule has 0 aliphatic carbocycles. The zero-order valence-corrected chi connectivity index (χ0v) is 17.3. The molecule has 0 atom stereocenters. The fourth-order valence-electron chi connectivity index (χ4n) is 2.65. The molecule has 0 fully saturated rings. The molecule has 0 saturated heterocycles. The number of hydrogen-bond acceptors (Lipinski definition) is 8. The summed E-state index contributed by atoms with van der Waals surface area (Å²) in [6.07, 6.45) is 0. The molecule has 1 N–H and O–H groups in total. The van der Waals surface area contributed by atoms with Gasteiger partial charge in [-0.1, -0.05) is 6.07 Å². The Hall–Kier alpha value is -2.75.